The summed E-state index contributed by atoms with van der Waals surface area (Å²) in [6, 6.07) is 9.45. The molecule has 0 saturated carbocycles. The Labute approximate surface area is 247 Å². The smallest absolute Gasteiger partial charge is 0.414 e. The number of pyridine rings is 1. The lowest BCUT2D eigenvalue weighted by atomic mass is 10.0. The number of rotatable bonds is 7. The van der Waals surface area contributed by atoms with Crippen LogP contribution in [0.25, 0.3) is 0 Å². The van der Waals surface area contributed by atoms with Gasteiger partial charge in [0.15, 0.2) is 0 Å². The highest BCUT2D eigenvalue weighted by atomic mass is 35.5. The Morgan fingerprint density at radius 2 is 1.71 bits per heavy atom. The zero-order chi connectivity index (χ0) is 29.1. The first-order valence-corrected chi connectivity index (χ1v) is 15.0. The van der Waals surface area contributed by atoms with Crippen molar-refractivity contribution in [1.82, 2.24) is 19.7 Å². The molecule has 3 fully saturated rings. The van der Waals surface area contributed by atoms with Gasteiger partial charge < -0.3 is 19.4 Å². The number of halogens is 1. The summed E-state index contributed by atoms with van der Waals surface area (Å²) in [6.07, 6.45) is 3.18. The number of anilines is 1. The van der Waals surface area contributed by atoms with Crippen molar-refractivity contribution < 1.29 is 19.1 Å². The summed E-state index contributed by atoms with van der Waals surface area (Å²) in [5.41, 5.74) is 3.14. The van der Waals surface area contributed by atoms with Gasteiger partial charge in [0.1, 0.15) is 11.8 Å². The maximum atomic E-state index is 13.4. The molecule has 3 aliphatic rings. The molecule has 41 heavy (non-hydrogen) atoms. The van der Waals surface area contributed by atoms with Crippen molar-refractivity contribution in [3.05, 3.63) is 58.4 Å². The number of amides is 3. The average Bonchev–Trinajstić information content (AvgIpc) is 3.52. The van der Waals surface area contributed by atoms with Crippen LogP contribution in [0.2, 0.25) is 5.02 Å². The normalized spacial score (nSPS) is 21.2. The first kappa shape index (κ1) is 29.3. The van der Waals surface area contributed by atoms with Gasteiger partial charge in [-0.05, 0) is 68.0 Å². The molecule has 5 rings (SSSR count). The monoisotopic (exact) mass is 581 g/mol. The van der Waals surface area contributed by atoms with E-state index < -0.39 is 0 Å². The number of carbonyl (C=O) groups is 3. The van der Waals surface area contributed by atoms with Crippen LogP contribution < -0.4 is 4.90 Å². The Morgan fingerprint density at radius 1 is 1.00 bits per heavy atom. The number of carbonyl (C=O) groups excluding carboxylic acids is 3. The number of likely N-dealkylation sites (tertiary alicyclic amines) is 3. The molecule has 4 heterocycles. The molecule has 2 atom stereocenters. The van der Waals surface area contributed by atoms with Gasteiger partial charge in [-0.25, -0.2) is 4.79 Å². The number of piperidine rings is 1. The number of hydrogen-bond acceptors (Lipinski definition) is 6. The molecular formula is C31H40ClN5O4. The molecule has 2 unspecified atom stereocenters. The van der Waals surface area contributed by atoms with E-state index in [4.69, 9.17) is 16.3 Å². The molecular weight excluding hydrogens is 542 g/mol. The van der Waals surface area contributed by atoms with Gasteiger partial charge >= 0.3 is 6.09 Å². The topological polar surface area (TPSA) is 86.3 Å². The van der Waals surface area contributed by atoms with Crippen molar-refractivity contribution >= 4 is 35.2 Å². The molecule has 2 aromatic rings. The second kappa shape index (κ2) is 12.8. The van der Waals surface area contributed by atoms with Gasteiger partial charge in [0, 0.05) is 82.5 Å². The summed E-state index contributed by atoms with van der Waals surface area (Å²) in [7, 11) is 0. The van der Waals surface area contributed by atoms with Crippen molar-refractivity contribution in [3.8, 4) is 0 Å². The van der Waals surface area contributed by atoms with Crippen molar-refractivity contribution in [2.75, 3.05) is 57.3 Å². The van der Waals surface area contributed by atoms with Gasteiger partial charge in [-0.3, -0.25) is 19.5 Å². The molecule has 3 saturated heterocycles. The SMILES string of the molecule is CC(=O)N1CCC(OC(=O)N(CCCN2CC3CN(C(=O)c4ncccc4C)CC3C2)c2ccc(C)c(Cl)c2)CC1. The Kier molecular flexibility index (Phi) is 9.14. The van der Waals surface area contributed by atoms with Crippen LogP contribution in [-0.4, -0.2) is 96.1 Å². The quantitative estimate of drug-likeness (QED) is 0.482. The first-order valence-electron chi connectivity index (χ1n) is 14.6. The van der Waals surface area contributed by atoms with Gasteiger partial charge in [-0.1, -0.05) is 23.7 Å². The highest BCUT2D eigenvalue weighted by Gasteiger charge is 2.42. The van der Waals surface area contributed by atoms with Gasteiger partial charge in [0.25, 0.3) is 5.91 Å². The van der Waals surface area contributed by atoms with E-state index in [1.54, 1.807) is 22.9 Å². The second-order valence-electron chi connectivity index (χ2n) is 11.7. The molecule has 0 bridgehead atoms. The fourth-order valence-corrected chi connectivity index (χ4v) is 6.50. The minimum atomic E-state index is -0.372. The molecule has 0 radical (unpaired) electrons. The predicted octanol–water partition coefficient (Wildman–Crippen LogP) is 4.40. The summed E-state index contributed by atoms with van der Waals surface area (Å²) in [5.74, 6) is 1.00. The zero-order valence-corrected chi connectivity index (χ0v) is 25.0. The van der Waals surface area contributed by atoms with E-state index in [1.165, 1.54) is 0 Å². The van der Waals surface area contributed by atoms with Crippen molar-refractivity contribution in [2.45, 2.75) is 46.1 Å². The minimum absolute atomic E-state index is 0.0296. The lowest BCUT2D eigenvalue weighted by Crippen LogP contribution is -2.43. The van der Waals surface area contributed by atoms with E-state index in [0.717, 1.165) is 56.0 Å². The molecule has 10 heteroatoms. The average molecular weight is 582 g/mol. The third kappa shape index (κ3) is 6.84. The highest BCUT2D eigenvalue weighted by Crippen LogP contribution is 2.32. The maximum Gasteiger partial charge on any atom is 0.414 e. The van der Waals surface area contributed by atoms with Gasteiger partial charge in [0.05, 0.1) is 0 Å². The van der Waals surface area contributed by atoms with Gasteiger partial charge in [0.2, 0.25) is 5.91 Å². The highest BCUT2D eigenvalue weighted by molar-refractivity contribution is 6.31. The van der Waals surface area contributed by atoms with Crippen LogP contribution in [0.4, 0.5) is 10.5 Å². The number of ether oxygens (including phenoxy) is 1. The first-order chi connectivity index (χ1) is 19.7. The number of aryl methyl sites for hydroxylation is 2. The van der Waals surface area contributed by atoms with E-state index in [9.17, 15) is 14.4 Å². The van der Waals surface area contributed by atoms with Gasteiger partial charge in [-0.2, -0.15) is 0 Å². The molecule has 220 valence electrons. The van der Waals surface area contributed by atoms with Crippen LogP contribution in [0.5, 0.6) is 0 Å². The number of fused-ring (bicyclic) bond motifs is 1. The fraction of sp³-hybridized carbons (Fsp3) is 0.548. The molecule has 0 spiro atoms. The van der Waals surface area contributed by atoms with E-state index in [2.05, 4.69) is 9.88 Å². The number of hydrogen-bond donors (Lipinski definition) is 0. The van der Waals surface area contributed by atoms with E-state index in [0.29, 0.717) is 55.0 Å². The summed E-state index contributed by atoms with van der Waals surface area (Å²) in [4.78, 5) is 50.3. The molecule has 0 N–H and O–H groups in total. The lowest BCUT2D eigenvalue weighted by Gasteiger charge is -2.32. The summed E-state index contributed by atoms with van der Waals surface area (Å²) in [6.45, 7) is 11.4. The van der Waals surface area contributed by atoms with Crippen LogP contribution in [-0.2, 0) is 9.53 Å². The third-order valence-electron chi connectivity index (χ3n) is 8.76. The second-order valence-corrected chi connectivity index (χ2v) is 12.1. The van der Waals surface area contributed by atoms with Crippen LogP contribution in [0, 0.1) is 25.7 Å². The van der Waals surface area contributed by atoms with Gasteiger partial charge in [-0.15, -0.1) is 0 Å². The van der Waals surface area contributed by atoms with E-state index >= 15 is 0 Å². The predicted molar refractivity (Wildman–Crippen MR) is 158 cm³/mol. The van der Waals surface area contributed by atoms with Crippen molar-refractivity contribution in [3.63, 3.8) is 0 Å². The number of nitrogens with zero attached hydrogens (tertiary/aromatic N) is 5. The Hall–Kier alpha value is -3.17. The van der Waals surface area contributed by atoms with Crippen LogP contribution in [0.1, 0.15) is 47.8 Å². The molecule has 1 aromatic heterocycles. The van der Waals surface area contributed by atoms with Crippen LogP contribution in [0.3, 0.4) is 0 Å². The molecule has 3 amide bonds. The zero-order valence-electron chi connectivity index (χ0n) is 24.2. The molecule has 3 aliphatic heterocycles. The Balaban J connectivity index is 1.14. The number of aromatic nitrogens is 1. The molecule has 9 nitrogen and oxygen atoms in total. The molecule has 1 aromatic carbocycles. The third-order valence-corrected chi connectivity index (χ3v) is 9.17. The molecule has 0 aliphatic carbocycles. The summed E-state index contributed by atoms with van der Waals surface area (Å²) >= 11 is 6.42. The van der Waals surface area contributed by atoms with E-state index in [-0.39, 0.29) is 24.0 Å². The summed E-state index contributed by atoms with van der Waals surface area (Å²) in [5, 5.41) is 0.613. The number of benzene rings is 1. The van der Waals surface area contributed by atoms with Crippen LogP contribution in [0.15, 0.2) is 36.5 Å². The van der Waals surface area contributed by atoms with E-state index in [1.807, 2.05) is 49.1 Å². The standard InChI is InChI=1S/C31H40ClN5O4/c1-21-7-8-26(16-28(21)32)37(31(40)41-27-9-14-35(15-10-27)23(3)38)13-5-12-34-17-24-19-36(20-25(24)18-34)30(39)29-22(2)6-4-11-33-29/h4,6-8,11,16,24-25,27H,5,9-10,12-15,17-20H2,1-3H3. The van der Waals surface area contributed by atoms with Crippen molar-refractivity contribution in [1.29, 1.82) is 0 Å². The minimum Gasteiger partial charge on any atom is -0.446 e. The largest absolute Gasteiger partial charge is 0.446 e. The fourth-order valence-electron chi connectivity index (χ4n) is 6.32. The lowest BCUT2D eigenvalue weighted by molar-refractivity contribution is -0.130. The van der Waals surface area contributed by atoms with Crippen LogP contribution >= 0.6 is 11.6 Å². The summed E-state index contributed by atoms with van der Waals surface area (Å²) < 4.78 is 5.92. The Morgan fingerprint density at radius 3 is 2.34 bits per heavy atom. The van der Waals surface area contributed by atoms with Crippen molar-refractivity contribution in [2.24, 2.45) is 11.8 Å². The Bertz CT molecular complexity index is 1270. The maximum absolute atomic E-state index is 13.4.